The number of carbonyl (C=O) groups excluding carboxylic acids is 3. The van der Waals surface area contributed by atoms with Crippen LogP contribution in [0.15, 0.2) is 30.3 Å². The summed E-state index contributed by atoms with van der Waals surface area (Å²) in [6.45, 7) is 2.69. The summed E-state index contributed by atoms with van der Waals surface area (Å²) in [4.78, 5) is 40.2. The molecule has 0 spiro atoms. The molecule has 0 atom stereocenters. The Bertz CT molecular complexity index is 1520. The number of anilines is 3. The highest BCUT2D eigenvalue weighted by atomic mass is 16.5. The highest BCUT2D eigenvalue weighted by Crippen LogP contribution is 2.38. The van der Waals surface area contributed by atoms with Gasteiger partial charge in [0.2, 0.25) is 5.91 Å². The number of hydrogen-bond donors (Lipinski definition) is 4. The van der Waals surface area contributed by atoms with Crippen LogP contribution in [0.1, 0.15) is 33.8 Å². The topological polar surface area (TPSA) is 155 Å². The molecule has 2 fully saturated rings. The van der Waals surface area contributed by atoms with Gasteiger partial charge in [0.05, 0.1) is 47.7 Å². The van der Waals surface area contributed by atoms with Gasteiger partial charge in [-0.15, -0.1) is 10.2 Å². The smallest absolute Gasteiger partial charge is 0.272 e. The highest BCUT2D eigenvalue weighted by molar-refractivity contribution is 6.60. The van der Waals surface area contributed by atoms with Gasteiger partial charge < -0.3 is 30.9 Å². The Balaban J connectivity index is 1.48. The molecule has 6 radical (unpaired) electrons. The largest absolute Gasteiger partial charge is 0.494 e. The van der Waals surface area contributed by atoms with E-state index in [2.05, 4.69) is 36.6 Å². The molecular weight excluding hydrogens is 535 g/mol. The lowest BCUT2D eigenvalue weighted by Crippen LogP contribution is -2.50. The summed E-state index contributed by atoms with van der Waals surface area (Å²) in [6.07, 6.45) is 1.60. The fraction of sp³-hybridized carbons (Fsp3) is 0.385. The molecule has 2 aliphatic rings. The first-order valence-corrected chi connectivity index (χ1v) is 13.4. The van der Waals surface area contributed by atoms with Crippen molar-refractivity contribution in [3.05, 3.63) is 41.7 Å². The van der Waals surface area contributed by atoms with E-state index in [9.17, 15) is 14.4 Å². The maximum Gasteiger partial charge on any atom is 0.272 e. The average molecular weight is 563 g/mol. The van der Waals surface area contributed by atoms with Crippen LogP contribution in [-0.4, -0.2) is 105 Å². The molecule has 4 N–H and O–H groups in total. The summed E-state index contributed by atoms with van der Waals surface area (Å²) in [6, 6.07) is 8.47. The van der Waals surface area contributed by atoms with Gasteiger partial charge in [-0.2, -0.15) is 5.10 Å². The summed E-state index contributed by atoms with van der Waals surface area (Å²) < 4.78 is 7.31. The van der Waals surface area contributed by atoms with Gasteiger partial charge in [-0.3, -0.25) is 19.1 Å². The lowest BCUT2D eigenvalue weighted by atomic mass is 9.49. The number of rotatable bonds is 9. The molecule has 0 bridgehead atoms. The number of piperazine rings is 1. The first kappa shape index (κ1) is 29.2. The molecule has 3 amide bonds. The molecule has 42 heavy (non-hydrogen) atoms. The minimum atomic E-state index is -2.01. The Kier molecular flexibility index (Phi) is 8.25. The number of hydrogen-bond acceptors (Lipinski definition) is 9. The number of carbonyl (C=O) groups is 3. The number of nitrogens with one attached hydrogen (secondary N) is 4. The van der Waals surface area contributed by atoms with Crippen LogP contribution in [-0.2, 0) is 11.8 Å². The summed E-state index contributed by atoms with van der Waals surface area (Å²) in [7, 11) is 19.9. The molecule has 3 heterocycles. The number of aromatic nitrogens is 4. The Labute approximate surface area is 246 Å². The average Bonchev–Trinajstić information content (AvgIpc) is 3.74. The minimum Gasteiger partial charge on any atom is -0.494 e. The van der Waals surface area contributed by atoms with E-state index < -0.39 is 11.1 Å². The van der Waals surface area contributed by atoms with Crippen LogP contribution < -0.4 is 26.0 Å². The van der Waals surface area contributed by atoms with Crippen molar-refractivity contribution in [3.63, 3.8) is 0 Å². The van der Waals surface area contributed by atoms with Gasteiger partial charge in [0.15, 0.2) is 17.3 Å². The minimum absolute atomic E-state index is 0.0722. The normalized spacial score (nSPS) is 15.1. The van der Waals surface area contributed by atoms with Gasteiger partial charge in [0.1, 0.15) is 5.69 Å². The number of ether oxygens (including phenoxy) is 1. The molecule has 1 saturated carbocycles. The predicted molar refractivity (Wildman–Crippen MR) is 158 cm³/mol. The Morgan fingerprint density at radius 1 is 1.07 bits per heavy atom. The van der Waals surface area contributed by atoms with Crippen LogP contribution in [0, 0.1) is 5.92 Å². The number of benzene rings is 1. The van der Waals surface area contributed by atoms with E-state index in [0.29, 0.717) is 41.5 Å². The molecule has 16 heteroatoms. The van der Waals surface area contributed by atoms with Gasteiger partial charge in [-0.1, -0.05) is 11.3 Å². The van der Waals surface area contributed by atoms with Crippen LogP contribution in [0.5, 0.6) is 5.75 Å². The standard InChI is InChI=1S/C26H28B3N9O4/c1-37-19(25(41)38-10-8-30-9-11-38)12-17(36-37)15-4-3-5-16(22(15)42-2)31-18-13-20(32-23(39)14-6-7-14)34-35-21(18)24(40)33-26(27,28)29/h3-5,12-14,30H,6-11H2,1-2H3,(H,33,40)(H2,31,32,34,39). The third kappa shape index (κ3) is 6.59. The summed E-state index contributed by atoms with van der Waals surface area (Å²) in [5.74, 6) is -0.638. The molecule has 1 aliphatic heterocycles. The van der Waals surface area contributed by atoms with Gasteiger partial charge in [-0.25, -0.2) is 0 Å². The van der Waals surface area contributed by atoms with E-state index in [-0.39, 0.29) is 34.9 Å². The first-order chi connectivity index (χ1) is 20.0. The first-order valence-electron chi connectivity index (χ1n) is 13.4. The van der Waals surface area contributed by atoms with Crippen LogP contribution in [0.4, 0.5) is 17.2 Å². The Hall–Kier alpha value is -4.33. The Morgan fingerprint density at radius 3 is 2.48 bits per heavy atom. The van der Waals surface area contributed by atoms with Crippen molar-refractivity contribution in [2.45, 2.75) is 18.1 Å². The molecule has 1 saturated heterocycles. The van der Waals surface area contributed by atoms with E-state index >= 15 is 0 Å². The third-order valence-corrected chi connectivity index (χ3v) is 6.81. The molecular formula is C26H28B3N9O4. The number of para-hydroxylation sites is 1. The van der Waals surface area contributed by atoms with E-state index in [1.165, 1.54) is 13.2 Å². The molecule has 210 valence electrons. The molecule has 1 aliphatic carbocycles. The quantitative estimate of drug-likeness (QED) is 0.261. The third-order valence-electron chi connectivity index (χ3n) is 6.81. The maximum absolute atomic E-state index is 13.2. The summed E-state index contributed by atoms with van der Waals surface area (Å²) in [5.41, 5.74) is 1.98. The molecule has 0 unspecified atom stereocenters. The predicted octanol–water partition coefficient (Wildman–Crippen LogP) is -0.130. The van der Waals surface area contributed by atoms with E-state index in [1.807, 2.05) is 0 Å². The summed E-state index contributed by atoms with van der Waals surface area (Å²) >= 11 is 0. The summed E-state index contributed by atoms with van der Waals surface area (Å²) in [5, 5.41) is 21.9. The van der Waals surface area contributed by atoms with Crippen molar-refractivity contribution in [1.82, 2.24) is 35.5 Å². The lowest BCUT2D eigenvalue weighted by Gasteiger charge is -2.27. The molecule has 13 nitrogen and oxygen atoms in total. The highest BCUT2D eigenvalue weighted by Gasteiger charge is 2.30. The number of aryl methyl sites for hydroxylation is 1. The van der Waals surface area contributed by atoms with Crippen molar-refractivity contribution in [2.75, 3.05) is 43.9 Å². The number of amides is 3. The zero-order chi connectivity index (χ0) is 30.0. The van der Waals surface area contributed by atoms with Crippen LogP contribution in [0.3, 0.4) is 0 Å². The maximum atomic E-state index is 13.2. The monoisotopic (exact) mass is 563 g/mol. The second-order valence-corrected chi connectivity index (χ2v) is 10.2. The van der Waals surface area contributed by atoms with Gasteiger partial charge >= 0.3 is 0 Å². The number of methoxy groups -OCH3 is 1. The second kappa shape index (κ2) is 11.9. The van der Waals surface area contributed by atoms with Crippen molar-refractivity contribution < 1.29 is 19.1 Å². The van der Waals surface area contributed by atoms with Crippen LogP contribution in [0.2, 0.25) is 0 Å². The van der Waals surface area contributed by atoms with E-state index in [1.54, 1.807) is 40.9 Å². The van der Waals surface area contributed by atoms with Crippen LogP contribution in [0.25, 0.3) is 11.3 Å². The molecule has 2 aromatic heterocycles. The zero-order valence-corrected chi connectivity index (χ0v) is 23.3. The van der Waals surface area contributed by atoms with E-state index in [4.69, 9.17) is 28.3 Å². The second-order valence-electron chi connectivity index (χ2n) is 10.2. The van der Waals surface area contributed by atoms with Crippen LogP contribution >= 0.6 is 0 Å². The molecule has 5 rings (SSSR count). The number of nitrogens with zero attached hydrogens (tertiary/aromatic N) is 5. The van der Waals surface area contributed by atoms with Crippen molar-refractivity contribution in [1.29, 1.82) is 0 Å². The van der Waals surface area contributed by atoms with Gasteiger partial charge in [0, 0.05) is 50.8 Å². The SMILES string of the molecule is [B]C([B])([B])NC(=O)c1nnc(NC(=O)C2CC2)cc1Nc1cccc(-c2cc(C(=O)N3CCNCC3)n(C)n2)c1OC. The fourth-order valence-corrected chi connectivity index (χ4v) is 4.58. The molecule has 1 aromatic carbocycles. The van der Waals surface area contributed by atoms with Crippen molar-refractivity contribution in [3.8, 4) is 17.0 Å². The zero-order valence-electron chi connectivity index (χ0n) is 23.3. The van der Waals surface area contributed by atoms with Gasteiger partial charge in [-0.05, 0) is 31.0 Å². The fourth-order valence-electron chi connectivity index (χ4n) is 4.58. The Morgan fingerprint density at radius 2 is 1.81 bits per heavy atom. The lowest BCUT2D eigenvalue weighted by molar-refractivity contribution is -0.117. The van der Waals surface area contributed by atoms with Crippen molar-refractivity contribution >= 4 is 58.5 Å². The van der Waals surface area contributed by atoms with E-state index in [0.717, 1.165) is 25.9 Å². The van der Waals surface area contributed by atoms with Crippen molar-refractivity contribution in [2.24, 2.45) is 13.0 Å². The molecule has 3 aromatic rings. The van der Waals surface area contributed by atoms with Gasteiger partial charge in [0.25, 0.3) is 11.8 Å².